The van der Waals surface area contributed by atoms with Crippen molar-refractivity contribution in [3.05, 3.63) is 35.4 Å². The van der Waals surface area contributed by atoms with Crippen molar-refractivity contribution in [2.24, 2.45) is 5.73 Å². The lowest BCUT2D eigenvalue weighted by atomic mass is 9.87. The second-order valence-corrected chi connectivity index (χ2v) is 5.15. The summed E-state index contributed by atoms with van der Waals surface area (Å²) >= 11 is 0. The molecule has 1 aromatic rings. The highest BCUT2D eigenvalue weighted by atomic mass is 16.2. The van der Waals surface area contributed by atoms with Gasteiger partial charge in [-0.1, -0.05) is 24.3 Å². The van der Waals surface area contributed by atoms with Crippen molar-refractivity contribution in [2.75, 3.05) is 20.1 Å². The minimum absolute atomic E-state index is 0.0185. The first-order valence-corrected chi connectivity index (χ1v) is 6.91. The monoisotopic (exact) mass is 275 g/mol. The van der Waals surface area contributed by atoms with Gasteiger partial charge < -0.3 is 16.0 Å². The van der Waals surface area contributed by atoms with Crippen molar-refractivity contribution in [3.63, 3.8) is 0 Å². The third kappa shape index (κ3) is 3.36. The second-order valence-electron chi connectivity index (χ2n) is 5.15. The zero-order valence-corrected chi connectivity index (χ0v) is 11.8. The Morgan fingerprint density at radius 1 is 1.35 bits per heavy atom. The standard InChI is InChI=1S/C15H21N3O2/c1-18(15(20)10-17-14(19)9-16)13-7-6-11-4-2-3-5-12(11)8-13/h2-5,13H,6-10,16H2,1H3,(H,17,19). The summed E-state index contributed by atoms with van der Waals surface area (Å²) < 4.78 is 0. The number of fused-ring (bicyclic) bond motifs is 1. The van der Waals surface area contributed by atoms with Gasteiger partial charge in [0.25, 0.3) is 0 Å². The van der Waals surface area contributed by atoms with E-state index in [1.807, 2.05) is 6.07 Å². The zero-order chi connectivity index (χ0) is 14.5. The van der Waals surface area contributed by atoms with E-state index >= 15 is 0 Å². The summed E-state index contributed by atoms with van der Waals surface area (Å²) in [6, 6.07) is 8.55. The summed E-state index contributed by atoms with van der Waals surface area (Å²) in [6.07, 6.45) is 2.83. The van der Waals surface area contributed by atoms with Gasteiger partial charge in [0.1, 0.15) is 0 Å². The fraction of sp³-hybridized carbons (Fsp3) is 0.467. The second kappa shape index (κ2) is 6.52. The van der Waals surface area contributed by atoms with Gasteiger partial charge in [0, 0.05) is 13.1 Å². The Bertz CT molecular complexity index is 502. The summed E-state index contributed by atoms with van der Waals surface area (Å²) in [6.45, 7) is -0.0710. The van der Waals surface area contributed by atoms with Crippen LogP contribution in [0, 0.1) is 0 Å². The Hall–Kier alpha value is -1.88. The molecule has 5 heteroatoms. The van der Waals surface area contributed by atoms with E-state index in [2.05, 4.69) is 23.5 Å². The lowest BCUT2D eigenvalue weighted by Crippen LogP contribution is -2.46. The fourth-order valence-electron chi connectivity index (χ4n) is 2.58. The third-order valence-corrected chi connectivity index (χ3v) is 3.88. The van der Waals surface area contributed by atoms with Crippen LogP contribution in [0.3, 0.4) is 0 Å². The molecule has 1 atom stereocenters. The van der Waals surface area contributed by atoms with Crippen molar-refractivity contribution < 1.29 is 9.59 Å². The van der Waals surface area contributed by atoms with E-state index in [4.69, 9.17) is 5.73 Å². The van der Waals surface area contributed by atoms with Crippen LogP contribution in [0.15, 0.2) is 24.3 Å². The lowest BCUT2D eigenvalue weighted by molar-refractivity contribution is -0.133. The molecule has 0 radical (unpaired) electrons. The molecule has 0 saturated carbocycles. The molecule has 2 amide bonds. The molecule has 5 nitrogen and oxygen atoms in total. The molecule has 1 aliphatic carbocycles. The van der Waals surface area contributed by atoms with Gasteiger partial charge in [0.2, 0.25) is 11.8 Å². The number of benzene rings is 1. The van der Waals surface area contributed by atoms with Crippen molar-refractivity contribution >= 4 is 11.8 Å². The zero-order valence-electron chi connectivity index (χ0n) is 11.8. The van der Waals surface area contributed by atoms with Crippen LogP contribution in [0.25, 0.3) is 0 Å². The quantitative estimate of drug-likeness (QED) is 0.817. The SMILES string of the molecule is CN(C(=O)CNC(=O)CN)C1CCc2ccccc2C1. The first-order chi connectivity index (χ1) is 9.61. The number of nitrogens with two attached hydrogens (primary N) is 1. The van der Waals surface area contributed by atoms with Crippen LogP contribution in [0.2, 0.25) is 0 Å². The Morgan fingerprint density at radius 3 is 2.75 bits per heavy atom. The fourth-order valence-corrected chi connectivity index (χ4v) is 2.58. The minimum atomic E-state index is -0.305. The van der Waals surface area contributed by atoms with E-state index in [9.17, 15) is 9.59 Å². The van der Waals surface area contributed by atoms with E-state index in [1.165, 1.54) is 11.1 Å². The Balaban J connectivity index is 1.92. The summed E-state index contributed by atoms with van der Waals surface area (Å²) in [5.74, 6) is -0.378. The molecule has 0 spiro atoms. The predicted octanol–water partition coefficient (Wildman–Crippen LogP) is 0.0772. The van der Waals surface area contributed by atoms with Gasteiger partial charge in [-0.05, 0) is 30.4 Å². The number of hydrogen-bond acceptors (Lipinski definition) is 3. The topological polar surface area (TPSA) is 75.4 Å². The molecule has 1 unspecified atom stereocenters. The van der Waals surface area contributed by atoms with E-state index < -0.39 is 0 Å². The van der Waals surface area contributed by atoms with E-state index in [0.29, 0.717) is 0 Å². The highest BCUT2D eigenvalue weighted by molar-refractivity contribution is 5.85. The highest BCUT2D eigenvalue weighted by Crippen LogP contribution is 2.23. The normalized spacial score (nSPS) is 17.2. The maximum Gasteiger partial charge on any atom is 0.241 e. The number of carbonyl (C=O) groups is 2. The molecule has 1 aliphatic rings. The molecule has 108 valence electrons. The minimum Gasteiger partial charge on any atom is -0.346 e. The molecule has 0 aliphatic heterocycles. The van der Waals surface area contributed by atoms with E-state index in [0.717, 1.165) is 19.3 Å². The molecule has 0 aromatic heterocycles. The molecule has 2 rings (SSSR count). The van der Waals surface area contributed by atoms with Gasteiger partial charge in [0.05, 0.1) is 13.1 Å². The van der Waals surface area contributed by atoms with Crippen molar-refractivity contribution in [3.8, 4) is 0 Å². The number of nitrogens with zero attached hydrogens (tertiary/aromatic N) is 1. The van der Waals surface area contributed by atoms with Crippen LogP contribution in [0.1, 0.15) is 17.5 Å². The van der Waals surface area contributed by atoms with Crippen molar-refractivity contribution in [2.45, 2.75) is 25.3 Å². The molecule has 1 aromatic carbocycles. The molecule has 0 bridgehead atoms. The number of aryl methyl sites for hydroxylation is 1. The lowest BCUT2D eigenvalue weighted by Gasteiger charge is -2.32. The predicted molar refractivity (Wildman–Crippen MR) is 77.1 cm³/mol. The highest BCUT2D eigenvalue weighted by Gasteiger charge is 2.24. The van der Waals surface area contributed by atoms with Gasteiger partial charge in [-0.3, -0.25) is 9.59 Å². The largest absolute Gasteiger partial charge is 0.346 e. The number of amides is 2. The van der Waals surface area contributed by atoms with E-state index in [-0.39, 0.29) is 30.9 Å². The van der Waals surface area contributed by atoms with Gasteiger partial charge in [-0.25, -0.2) is 0 Å². The van der Waals surface area contributed by atoms with Crippen LogP contribution in [-0.4, -0.2) is 42.9 Å². The molecule has 0 fully saturated rings. The van der Waals surface area contributed by atoms with Gasteiger partial charge in [-0.15, -0.1) is 0 Å². The smallest absolute Gasteiger partial charge is 0.241 e. The van der Waals surface area contributed by atoms with Crippen LogP contribution >= 0.6 is 0 Å². The third-order valence-electron chi connectivity index (χ3n) is 3.88. The average Bonchev–Trinajstić information content (AvgIpc) is 2.50. The Kier molecular flexibility index (Phi) is 4.74. The summed E-state index contributed by atoms with van der Waals surface area (Å²) in [5.41, 5.74) is 7.88. The summed E-state index contributed by atoms with van der Waals surface area (Å²) in [7, 11) is 1.80. The number of hydrogen-bond donors (Lipinski definition) is 2. The number of nitrogens with one attached hydrogen (secondary N) is 1. The van der Waals surface area contributed by atoms with Crippen LogP contribution in [-0.2, 0) is 22.4 Å². The van der Waals surface area contributed by atoms with Crippen LogP contribution < -0.4 is 11.1 Å². The Morgan fingerprint density at radius 2 is 2.05 bits per heavy atom. The molecule has 0 saturated heterocycles. The Labute approximate surface area is 119 Å². The molecule has 20 heavy (non-hydrogen) atoms. The van der Waals surface area contributed by atoms with Crippen LogP contribution in [0.5, 0.6) is 0 Å². The number of likely N-dealkylation sites (N-methyl/N-ethyl adjacent to an activating group) is 1. The number of rotatable bonds is 4. The first-order valence-electron chi connectivity index (χ1n) is 6.91. The number of carbonyl (C=O) groups excluding carboxylic acids is 2. The van der Waals surface area contributed by atoms with Crippen molar-refractivity contribution in [1.29, 1.82) is 0 Å². The van der Waals surface area contributed by atoms with Crippen molar-refractivity contribution in [1.82, 2.24) is 10.2 Å². The molecular formula is C15H21N3O2. The maximum atomic E-state index is 12.0. The molecule has 3 N–H and O–H groups in total. The van der Waals surface area contributed by atoms with Gasteiger partial charge >= 0.3 is 0 Å². The maximum absolute atomic E-state index is 12.0. The molecular weight excluding hydrogens is 254 g/mol. The van der Waals surface area contributed by atoms with Gasteiger partial charge in [0.15, 0.2) is 0 Å². The van der Waals surface area contributed by atoms with Gasteiger partial charge in [-0.2, -0.15) is 0 Å². The summed E-state index contributed by atoms with van der Waals surface area (Å²) in [5, 5.41) is 2.52. The summed E-state index contributed by atoms with van der Waals surface area (Å²) in [4.78, 5) is 24.9. The first kappa shape index (κ1) is 14.5. The van der Waals surface area contributed by atoms with E-state index in [1.54, 1.807) is 11.9 Å². The molecule has 0 heterocycles. The average molecular weight is 275 g/mol. The van der Waals surface area contributed by atoms with Crippen LogP contribution in [0.4, 0.5) is 0 Å².